The molecule has 0 aromatic heterocycles. The Morgan fingerprint density at radius 1 is 1.23 bits per heavy atom. The van der Waals surface area contributed by atoms with Gasteiger partial charge in [0.15, 0.2) is 0 Å². The quantitative estimate of drug-likeness (QED) is 0.641. The van der Waals surface area contributed by atoms with Crippen molar-refractivity contribution in [2.45, 2.75) is 32.2 Å². The lowest BCUT2D eigenvalue weighted by molar-refractivity contribution is -0.137. The number of nitrogens with one attached hydrogen (secondary N) is 1. The van der Waals surface area contributed by atoms with E-state index >= 15 is 0 Å². The summed E-state index contributed by atoms with van der Waals surface area (Å²) < 4.78 is 4.59. The first kappa shape index (κ1) is 17.2. The van der Waals surface area contributed by atoms with E-state index in [0.717, 1.165) is 5.56 Å². The fraction of sp³-hybridized carbons (Fsp3) is 0.375. The van der Waals surface area contributed by atoms with Crippen molar-refractivity contribution >= 4 is 12.1 Å². The molecule has 1 aromatic carbocycles. The van der Waals surface area contributed by atoms with Crippen molar-refractivity contribution in [3.05, 3.63) is 35.9 Å². The zero-order chi connectivity index (χ0) is 16.4. The van der Waals surface area contributed by atoms with Gasteiger partial charge in [-0.05, 0) is 25.3 Å². The summed E-state index contributed by atoms with van der Waals surface area (Å²) in [7, 11) is 0. The molecule has 0 aliphatic carbocycles. The van der Waals surface area contributed by atoms with Crippen molar-refractivity contribution in [2.75, 3.05) is 0 Å². The van der Waals surface area contributed by atoms with Crippen LogP contribution in [-0.2, 0) is 16.0 Å². The molecule has 1 amide bonds. The van der Waals surface area contributed by atoms with Crippen LogP contribution in [0.25, 0.3) is 0 Å². The van der Waals surface area contributed by atoms with Crippen LogP contribution in [0.2, 0.25) is 0 Å². The van der Waals surface area contributed by atoms with Gasteiger partial charge >= 0.3 is 12.1 Å². The van der Waals surface area contributed by atoms with Gasteiger partial charge in [-0.3, -0.25) is 4.79 Å². The van der Waals surface area contributed by atoms with Gasteiger partial charge in [-0.2, -0.15) is 10.5 Å². The molecule has 22 heavy (non-hydrogen) atoms. The molecule has 1 atom stereocenters. The van der Waals surface area contributed by atoms with Gasteiger partial charge in [0.25, 0.3) is 0 Å². The van der Waals surface area contributed by atoms with E-state index < -0.39 is 18.0 Å². The molecular weight excluding hydrogens is 282 g/mol. The number of alkyl carbamates (subject to hydrolysis) is 1. The third-order valence-corrected chi connectivity index (χ3v) is 2.90. The maximum Gasteiger partial charge on any atom is 0.415 e. The molecule has 0 radical (unpaired) electrons. The Balaban J connectivity index is 2.32. The van der Waals surface area contributed by atoms with Gasteiger partial charge in [-0.25, -0.2) is 4.79 Å². The van der Waals surface area contributed by atoms with E-state index in [0.29, 0.717) is 6.42 Å². The van der Waals surface area contributed by atoms with Gasteiger partial charge in [0, 0.05) is 12.5 Å². The van der Waals surface area contributed by atoms with Crippen molar-refractivity contribution in [2.24, 2.45) is 5.92 Å². The molecule has 114 valence electrons. The maximum atomic E-state index is 11.6. The summed E-state index contributed by atoms with van der Waals surface area (Å²) in [6, 6.07) is 12.9. The number of rotatable bonds is 6. The Kier molecular flexibility index (Phi) is 7.15. The summed E-state index contributed by atoms with van der Waals surface area (Å²) in [5.74, 6) is -1.62. The lowest BCUT2D eigenvalue weighted by atomic mass is 10.1. The average Bonchev–Trinajstić information content (AvgIpc) is 2.48. The SMILES string of the molecule is CC(Cc1ccccc1)NC(=O)OC(=O)CCC(C#N)C#N. The highest BCUT2D eigenvalue weighted by Crippen LogP contribution is 2.06. The highest BCUT2D eigenvalue weighted by molar-refractivity contribution is 5.84. The molecule has 6 heteroatoms. The van der Waals surface area contributed by atoms with Crippen LogP contribution in [0.5, 0.6) is 0 Å². The van der Waals surface area contributed by atoms with Crippen molar-refractivity contribution in [1.29, 1.82) is 10.5 Å². The molecule has 0 saturated heterocycles. The van der Waals surface area contributed by atoms with Crippen LogP contribution in [0, 0.1) is 28.6 Å². The normalized spacial score (nSPS) is 11.1. The van der Waals surface area contributed by atoms with Crippen LogP contribution in [0.1, 0.15) is 25.3 Å². The smallest absolute Gasteiger partial charge is 0.376 e. The number of carbonyl (C=O) groups excluding carboxylic acids is 2. The largest absolute Gasteiger partial charge is 0.415 e. The van der Waals surface area contributed by atoms with E-state index in [1.165, 1.54) is 0 Å². The minimum atomic E-state index is -0.868. The van der Waals surface area contributed by atoms with Crippen molar-refractivity contribution in [3.8, 4) is 12.1 Å². The van der Waals surface area contributed by atoms with E-state index in [1.54, 1.807) is 19.1 Å². The van der Waals surface area contributed by atoms with Crippen LogP contribution in [-0.4, -0.2) is 18.1 Å². The number of ether oxygens (including phenoxy) is 1. The third kappa shape index (κ3) is 6.53. The highest BCUT2D eigenvalue weighted by Gasteiger charge is 2.15. The first-order chi connectivity index (χ1) is 10.5. The first-order valence-electron chi connectivity index (χ1n) is 6.89. The predicted molar refractivity (Wildman–Crippen MR) is 78.2 cm³/mol. The van der Waals surface area contributed by atoms with E-state index in [9.17, 15) is 9.59 Å². The van der Waals surface area contributed by atoms with Gasteiger partial charge in [0.1, 0.15) is 5.92 Å². The molecule has 0 saturated carbocycles. The van der Waals surface area contributed by atoms with Crippen molar-refractivity contribution in [3.63, 3.8) is 0 Å². The topological polar surface area (TPSA) is 103 Å². The van der Waals surface area contributed by atoms with Gasteiger partial charge in [0.2, 0.25) is 0 Å². The molecule has 0 heterocycles. The van der Waals surface area contributed by atoms with Gasteiger partial charge in [-0.15, -0.1) is 0 Å². The second kappa shape index (κ2) is 9.15. The molecule has 1 N–H and O–H groups in total. The summed E-state index contributed by atoms with van der Waals surface area (Å²) in [6.45, 7) is 1.81. The fourth-order valence-corrected chi connectivity index (χ4v) is 1.82. The van der Waals surface area contributed by atoms with Crippen LogP contribution >= 0.6 is 0 Å². The third-order valence-electron chi connectivity index (χ3n) is 2.90. The number of nitriles is 2. The molecule has 0 aliphatic heterocycles. The lowest BCUT2D eigenvalue weighted by Gasteiger charge is -2.13. The minimum absolute atomic E-state index is 0.0542. The second-order valence-electron chi connectivity index (χ2n) is 4.85. The maximum absolute atomic E-state index is 11.6. The zero-order valence-corrected chi connectivity index (χ0v) is 12.3. The van der Waals surface area contributed by atoms with Crippen molar-refractivity contribution in [1.82, 2.24) is 5.32 Å². The van der Waals surface area contributed by atoms with Gasteiger partial charge < -0.3 is 10.1 Å². The number of amides is 1. The zero-order valence-electron chi connectivity index (χ0n) is 12.3. The summed E-state index contributed by atoms with van der Waals surface area (Å²) in [6.07, 6.45) is -0.293. The summed E-state index contributed by atoms with van der Waals surface area (Å²) in [5, 5.41) is 19.7. The van der Waals surface area contributed by atoms with E-state index in [4.69, 9.17) is 10.5 Å². The summed E-state index contributed by atoms with van der Waals surface area (Å²) >= 11 is 0. The van der Waals surface area contributed by atoms with E-state index in [1.807, 2.05) is 30.3 Å². The number of esters is 1. The van der Waals surface area contributed by atoms with Crippen LogP contribution in [0.4, 0.5) is 4.79 Å². The van der Waals surface area contributed by atoms with Gasteiger partial charge in [0.05, 0.1) is 12.1 Å². The lowest BCUT2D eigenvalue weighted by Crippen LogP contribution is -2.35. The Morgan fingerprint density at radius 2 is 1.86 bits per heavy atom. The monoisotopic (exact) mass is 299 g/mol. The molecule has 1 aromatic rings. The summed E-state index contributed by atoms with van der Waals surface area (Å²) in [5.41, 5.74) is 1.06. The Morgan fingerprint density at radius 3 is 2.45 bits per heavy atom. The first-order valence-corrected chi connectivity index (χ1v) is 6.89. The number of benzene rings is 1. The average molecular weight is 299 g/mol. The molecular formula is C16H17N3O3. The number of carbonyl (C=O) groups is 2. The van der Waals surface area contributed by atoms with E-state index in [2.05, 4.69) is 10.1 Å². The van der Waals surface area contributed by atoms with Crippen LogP contribution < -0.4 is 5.32 Å². The van der Waals surface area contributed by atoms with Crippen LogP contribution in [0.3, 0.4) is 0 Å². The molecule has 0 spiro atoms. The van der Waals surface area contributed by atoms with E-state index in [-0.39, 0.29) is 18.9 Å². The summed E-state index contributed by atoms with van der Waals surface area (Å²) in [4.78, 5) is 23.0. The number of hydrogen-bond donors (Lipinski definition) is 1. The molecule has 0 aliphatic rings. The molecule has 1 rings (SSSR count). The molecule has 1 unspecified atom stereocenters. The molecule has 6 nitrogen and oxygen atoms in total. The second-order valence-corrected chi connectivity index (χ2v) is 4.85. The Labute approximate surface area is 129 Å². The number of nitrogens with zero attached hydrogens (tertiary/aromatic N) is 2. The minimum Gasteiger partial charge on any atom is -0.376 e. The molecule has 0 bridgehead atoms. The van der Waals surface area contributed by atoms with Gasteiger partial charge in [-0.1, -0.05) is 30.3 Å². The fourth-order valence-electron chi connectivity index (χ4n) is 1.82. The van der Waals surface area contributed by atoms with Crippen LogP contribution in [0.15, 0.2) is 30.3 Å². The standard InChI is InChI=1S/C16H17N3O3/c1-12(9-13-5-3-2-4-6-13)19-16(21)22-15(20)8-7-14(10-17)11-18/h2-6,12,14H,7-9H2,1H3,(H,19,21). The molecule has 0 fully saturated rings. The highest BCUT2D eigenvalue weighted by atomic mass is 16.6. The Bertz CT molecular complexity index is 573. The number of hydrogen-bond acceptors (Lipinski definition) is 5. The Hall–Kier alpha value is -2.86. The predicted octanol–water partition coefficient (Wildman–Crippen LogP) is 2.31. The van der Waals surface area contributed by atoms with Crippen molar-refractivity contribution < 1.29 is 14.3 Å².